The van der Waals surface area contributed by atoms with Crippen LogP contribution in [0.5, 0.6) is 5.75 Å². The van der Waals surface area contributed by atoms with E-state index in [4.69, 9.17) is 4.74 Å². The maximum atomic E-state index is 5.46. The van der Waals surface area contributed by atoms with Crippen LogP contribution >= 0.6 is 15.9 Å². The summed E-state index contributed by atoms with van der Waals surface area (Å²) in [5.41, 5.74) is 1.47. The fraction of sp³-hybridized carbons (Fsp3) is 0.571. The van der Waals surface area contributed by atoms with Gasteiger partial charge in [-0.3, -0.25) is 0 Å². The third-order valence-corrected chi connectivity index (χ3v) is 4.10. The number of ether oxygens (including phenoxy) is 1. The Kier molecular flexibility index (Phi) is 4.28. The topological polar surface area (TPSA) is 9.23 Å². The van der Waals surface area contributed by atoms with Crippen molar-refractivity contribution in [1.82, 2.24) is 0 Å². The summed E-state index contributed by atoms with van der Waals surface area (Å²) in [6.45, 7) is 2.76. The van der Waals surface area contributed by atoms with Gasteiger partial charge in [0.1, 0.15) is 5.75 Å². The molecule has 1 nitrogen and oxygen atoms in total. The Morgan fingerprint density at radius 1 is 1.25 bits per heavy atom. The zero-order valence-electron chi connectivity index (χ0n) is 9.79. The molecule has 0 spiro atoms. The van der Waals surface area contributed by atoms with Crippen LogP contribution in [-0.4, -0.2) is 11.4 Å². The van der Waals surface area contributed by atoms with Crippen LogP contribution in [0.3, 0.4) is 0 Å². The van der Waals surface area contributed by atoms with Crippen LogP contribution in [0.25, 0.3) is 0 Å². The van der Waals surface area contributed by atoms with Crippen molar-refractivity contribution in [2.24, 2.45) is 0 Å². The lowest BCUT2D eigenvalue weighted by Crippen LogP contribution is -2.13. The Morgan fingerprint density at radius 2 is 2.00 bits per heavy atom. The van der Waals surface area contributed by atoms with Crippen molar-refractivity contribution in [2.75, 3.05) is 6.61 Å². The van der Waals surface area contributed by atoms with E-state index in [0.717, 1.165) is 18.3 Å². The van der Waals surface area contributed by atoms with E-state index in [9.17, 15) is 0 Å². The highest BCUT2D eigenvalue weighted by Gasteiger charge is 2.21. The van der Waals surface area contributed by atoms with Gasteiger partial charge in [-0.25, -0.2) is 0 Å². The summed E-state index contributed by atoms with van der Waals surface area (Å²) in [5, 5.41) is 0. The minimum atomic E-state index is 0.706. The van der Waals surface area contributed by atoms with E-state index >= 15 is 0 Å². The van der Waals surface area contributed by atoms with E-state index in [2.05, 4.69) is 40.2 Å². The van der Waals surface area contributed by atoms with Crippen molar-refractivity contribution in [3.63, 3.8) is 0 Å². The SMILES string of the molecule is CCOc1ccc(C2CCCC(Br)C2)cc1. The average Bonchev–Trinajstić information content (AvgIpc) is 2.30. The number of rotatable bonds is 3. The molecule has 2 atom stereocenters. The molecule has 0 aliphatic heterocycles. The molecular weight excluding hydrogens is 264 g/mol. The molecule has 0 aromatic heterocycles. The summed E-state index contributed by atoms with van der Waals surface area (Å²) in [6, 6.07) is 8.63. The second-order valence-corrected chi connectivity index (χ2v) is 5.76. The molecule has 2 heteroatoms. The molecule has 16 heavy (non-hydrogen) atoms. The molecule has 0 N–H and O–H groups in total. The van der Waals surface area contributed by atoms with Crippen molar-refractivity contribution < 1.29 is 4.74 Å². The lowest BCUT2D eigenvalue weighted by atomic mass is 9.84. The van der Waals surface area contributed by atoms with Crippen LogP contribution in [-0.2, 0) is 0 Å². The molecule has 2 unspecified atom stereocenters. The number of hydrogen-bond donors (Lipinski definition) is 0. The predicted octanol–water partition coefficient (Wildman–Crippen LogP) is 4.51. The first-order valence-corrected chi connectivity index (χ1v) is 7.08. The fourth-order valence-corrected chi connectivity index (χ4v) is 3.21. The number of halogens is 1. The van der Waals surface area contributed by atoms with Crippen molar-refractivity contribution in [2.45, 2.75) is 43.4 Å². The Balaban J connectivity index is 2.03. The molecule has 2 rings (SSSR count). The molecule has 1 saturated carbocycles. The minimum Gasteiger partial charge on any atom is -0.494 e. The van der Waals surface area contributed by atoms with Gasteiger partial charge in [-0.05, 0) is 49.8 Å². The highest BCUT2D eigenvalue weighted by molar-refractivity contribution is 9.09. The normalized spacial score (nSPS) is 25.4. The van der Waals surface area contributed by atoms with Crippen LogP contribution < -0.4 is 4.74 Å². The Morgan fingerprint density at radius 3 is 2.62 bits per heavy atom. The maximum Gasteiger partial charge on any atom is 0.119 e. The highest BCUT2D eigenvalue weighted by atomic mass is 79.9. The molecule has 0 bridgehead atoms. The van der Waals surface area contributed by atoms with Crippen LogP contribution in [0.1, 0.15) is 44.1 Å². The molecular formula is C14H19BrO. The standard InChI is InChI=1S/C14H19BrO/c1-2-16-14-8-6-11(7-9-14)12-4-3-5-13(15)10-12/h6-9,12-13H,2-5,10H2,1H3. The summed E-state index contributed by atoms with van der Waals surface area (Å²) in [4.78, 5) is 0.706. The number of hydrogen-bond acceptors (Lipinski definition) is 1. The molecule has 0 saturated heterocycles. The Bertz CT molecular complexity index is 320. The van der Waals surface area contributed by atoms with Crippen LogP contribution in [0.15, 0.2) is 24.3 Å². The lowest BCUT2D eigenvalue weighted by Gasteiger charge is -2.26. The van der Waals surface area contributed by atoms with Crippen molar-refractivity contribution in [3.05, 3.63) is 29.8 Å². The molecule has 1 aliphatic carbocycles. The first-order chi connectivity index (χ1) is 7.79. The highest BCUT2D eigenvalue weighted by Crippen LogP contribution is 2.36. The van der Waals surface area contributed by atoms with Crippen LogP contribution in [0.4, 0.5) is 0 Å². The predicted molar refractivity (Wildman–Crippen MR) is 71.5 cm³/mol. The van der Waals surface area contributed by atoms with Gasteiger partial charge in [-0.2, -0.15) is 0 Å². The van der Waals surface area contributed by atoms with Gasteiger partial charge in [0.2, 0.25) is 0 Å². The largest absolute Gasteiger partial charge is 0.494 e. The van der Waals surface area contributed by atoms with Crippen molar-refractivity contribution in [1.29, 1.82) is 0 Å². The molecule has 1 aromatic rings. The zero-order valence-corrected chi connectivity index (χ0v) is 11.4. The second-order valence-electron chi connectivity index (χ2n) is 4.46. The van der Waals surface area contributed by atoms with E-state index in [1.54, 1.807) is 0 Å². The first kappa shape index (κ1) is 12.0. The smallest absolute Gasteiger partial charge is 0.119 e. The van der Waals surface area contributed by atoms with Gasteiger partial charge in [0, 0.05) is 4.83 Å². The van der Waals surface area contributed by atoms with Gasteiger partial charge in [0.05, 0.1) is 6.61 Å². The molecule has 1 aromatic carbocycles. The molecule has 88 valence electrons. The summed E-state index contributed by atoms with van der Waals surface area (Å²) < 4.78 is 5.46. The van der Waals surface area contributed by atoms with Crippen molar-refractivity contribution in [3.8, 4) is 5.75 Å². The summed E-state index contributed by atoms with van der Waals surface area (Å²) in [7, 11) is 0. The van der Waals surface area contributed by atoms with Crippen LogP contribution in [0.2, 0.25) is 0 Å². The Labute approximate surface area is 106 Å². The van der Waals surface area contributed by atoms with Crippen molar-refractivity contribution >= 4 is 15.9 Å². The van der Waals surface area contributed by atoms with E-state index in [0.29, 0.717) is 4.83 Å². The van der Waals surface area contributed by atoms with Gasteiger partial charge >= 0.3 is 0 Å². The Hall–Kier alpha value is -0.500. The third kappa shape index (κ3) is 3.00. The molecule has 0 radical (unpaired) electrons. The first-order valence-electron chi connectivity index (χ1n) is 6.16. The molecule has 1 aliphatic rings. The quantitative estimate of drug-likeness (QED) is 0.742. The fourth-order valence-electron chi connectivity index (χ4n) is 2.44. The third-order valence-electron chi connectivity index (χ3n) is 3.27. The van der Waals surface area contributed by atoms with Crippen LogP contribution in [0, 0.1) is 0 Å². The van der Waals surface area contributed by atoms with E-state index in [1.165, 1.54) is 31.2 Å². The monoisotopic (exact) mass is 282 g/mol. The summed E-state index contributed by atoms with van der Waals surface area (Å²) in [5.74, 6) is 1.71. The summed E-state index contributed by atoms with van der Waals surface area (Å²) in [6.07, 6.45) is 5.27. The second kappa shape index (κ2) is 5.72. The van der Waals surface area contributed by atoms with E-state index in [-0.39, 0.29) is 0 Å². The molecule has 1 fully saturated rings. The maximum absolute atomic E-state index is 5.46. The van der Waals surface area contributed by atoms with Gasteiger partial charge in [0.25, 0.3) is 0 Å². The minimum absolute atomic E-state index is 0.706. The molecule has 0 amide bonds. The van der Waals surface area contributed by atoms with Gasteiger partial charge < -0.3 is 4.74 Å². The van der Waals surface area contributed by atoms with Gasteiger partial charge in [-0.15, -0.1) is 0 Å². The zero-order chi connectivity index (χ0) is 11.4. The molecule has 0 heterocycles. The lowest BCUT2D eigenvalue weighted by molar-refractivity contribution is 0.340. The average molecular weight is 283 g/mol. The number of benzene rings is 1. The van der Waals surface area contributed by atoms with Gasteiger partial charge in [-0.1, -0.05) is 34.5 Å². The summed E-state index contributed by atoms with van der Waals surface area (Å²) >= 11 is 3.74. The number of alkyl halides is 1. The van der Waals surface area contributed by atoms with E-state index < -0.39 is 0 Å². The van der Waals surface area contributed by atoms with E-state index in [1.807, 2.05) is 6.92 Å². The van der Waals surface area contributed by atoms with Gasteiger partial charge in [0.15, 0.2) is 0 Å².